The highest BCUT2D eigenvalue weighted by molar-refractivity contribution is 9.10. The number of halogens is 1. The van der Waals surface area contributed by atoms with E-state index in [1.54, 1.807) is 0 Å². The topological polar surface area (TPSA) is 63.2 Å². The van der Waals surface area contributed by atoms with Crippen LogP contribution in [0, 0.1) is 12.8 Å². The fraction of sp³-hybridized carbons (Fsp3) is 0.500. The molecule has 1 amide bonds. The summed E-state index contributed by atoms with van der Waals surface area (Å²) in [5.41, 5.74) is 1.87. The van der Waals surface area contributed by atoms with Crippen LogP contribution in [-0.2, 0) is 14.6 Å². The molecule has 2 rings (SSSR count). The van der Waals surface area contributed by atoms with Gasteiger partial charge in [-0.25, -0.2) is 8.42 Å². The van der Waals surface area contributed by atoms with Gasteiger partial charge in [-0.2, -0.15) is 0 Å². The van der Waals surface area contributed by atoms with Crippen molar-refractivity contribution in [3.63, 3.8) is 0 Å². The standard InChI is InChI=1S/C14H18BrNO3S/c1-10-2-4-13(12(15)8-10)16-14(17)5-3-11-6-7-20(18,19)9-11/h2,4,8,11H,3,5-7,9H2,1H3,(H,16,17). The van der Waals surface area contributed by atoms with Crippen LogP contribution in [0.15, 0.2) is 22.7 Å². The van der Waals surface area contributed by atoms with Crippen molar-refractivity contribution in [3.05, 3.63) is 28.2 Å². The molecular weight excluding hydrogens is 342 g/mol. The van der Waals surface area contributed by atoms with Gasteiger partial charge in [0.2, 0.25) is 5.91 Å². The number of hydrogen-bond acceptors (Lipinski definition) is 3. The quantitative estimate of drug-likeness (QED) is 0.898. The van der Waals surface area contributed by atoms with Crippen molar-refractivity contribution >= 4 is 37.4 Å². The van der Waals surface area contributed by atoms with Crippen molar-refractivity contribution in [3.8, 4) is 0 Å². The van der Waals surface area contributed by atoms with E-state index in [1.807, 2.05) is 25.1 Å². The number of hydrogen-bond donors (Lipinski definition) is 1. The number of anilines is 1. The van der Waals surface area contributed by atoms with E-state index in [0.29, 0.717) is 19.3 Å². The summed E-state index contributed by atoms with van der Waals surface area (Å²) in [6.07, 6.45) is 1.68. The summed E-state index contributed by atoms with van der Waals surface area (Å²) in [5, 5.41) is 2.85. The number of aryl methyl sites for hydroxylation is 1. The summed E-state index contributed by atoms with van der Waals surface area (Å²) in [6, 6.07) is 5.74. The molecule has 1 atom stereocenters. The minimum Gasteiger partial charge on any atom is -0.325 e. The monoisotopic (exact) mass is 359 g/mol. The van der Waals surface area contributed by atoms with Crippen LogP contribution in [0.1, 0.15) is 24.8 Å². The zero-order valence-electron chi connectivity index (χ0n) is 11.4. The van der Waals surface area contributed by atoms with Gasteiger partial charge in [0, 0.05) is 10.9 Å². The maximum atomic E-state index is 11.9. The first-order valence-corrected chi connectivity index (χ1v) is 9.23. The lowest BCUT2D eigenvalue weighted by Gasteiger charge is -2.10. The van der Waals surface area contributed by atoms with Crippen molar-refractivity contribution in [2.24, 2.45) is 5.92 Å². The number of benzene rings is 1. The van der Waals surface area contributed by atoms with Crippen molar-refractivity contribution < 1.29 is 13.2 Å². The molecule has 1 aliphatic rings. The average Bonchev–Trinajstić information content (AvgIpc) is 2.70. The Morgan fingerprint density at radius 1 is 1.45 bits per heavy atom. The van der Waals surface area contributed by atoms with Gasteiger partial charge in [-0.1, -0.05) is 6.07 Å². The molecule has 0 saturated carbocycles. The van der Waals surface area contributed by atoms with E-state index in [4.69, 9.17) is 0 Å². The van der Waals surface area contributed by atoms with E-state index in [9.17, 15) is 13.2 Å². The Balaban J connectivity index is 1.84. The van der Waals surface area contributed by atoms with Gasteiger partial charge < -0.3 is 5.32 Å². The third kappa shape index (κ3) is 4.31. The first kappa shape index (κ1) is 15.5. The molecule has 0 radical (unpaired) electrons. The van der Waals surface area contributed by atoms with Crippen LogP contribution >= 0.6 is 15.9 Å². The molecule has 1 saturated heterocycles. The summed E-state index contributed by atoms with van der Waals surface area (Å²) in [7, 11) is -2.85. The fourth-order valence-corrected chi connectivity index (χ4v) is 4.87. The maximum Gasteiger partial charge on any atom is 0.224 e. The van der Waals surface area contributed by atoms with Gasteiger partial charge in [0.15, 0.2) is 9.84 Å². The molecule has 0 spiro atoms. The first-order valence-electron chi connectivity index (χ1n) is 6.62. The highest BCUT2D eigenvalue weighted by Crippen LogP contribution is 2.25. The molecule has 1 aromatic carbocycles. The Morgan fingerprint density at radius 2 is 2.20 bits per heavy atom. The van der Waals surface area contributed by atoms with Crippen molar-refractivity contribution in [1.82, 2.24) is 0 Å². The lowest BCUT2D eigenvalue weighted by atomic mass is 10.0. The van der Waals surface area contributed by atoms with Gasteiger partial charge >= 0.3 is 0 Å². The average molecular weight is 360 g/mol. The SMILES string of the molecule is Cc1ccc(NC(=O)CCC2CCS(=O)(=O)C2)c(Br)c1. The summed E-state index contributed by atoms with van der Waals surface area (Å²) >= 11 is 3.41. The molecule has 1 aliphatic heterocycles. The Morgan fingerprint density at radius 3 is 2.80 bits per heavy atom. The molecule has 1 fully saturated rings. The molecule has 0 aliphatic carbocycles. The second-order valence-corrected chi connectivity index (χ2v) is 8.42. The summed E-state index contributed by atoms with van der Waals surface area (Å²) < 4.78 is 23.5. The maximum absolute atomic E-state index is 11.9. The van der Waals surface area contributed by atoms with Gasteiger partial charge in [-0.15, -0.1) is 0 Å². The van der Waals surface area contributed by atoms with Crippen molar-refractivity contribution in [1.29, 1.82) is 0 Å². The molecule has 1 N–H and O–H groups in total. The molecule has 4 nitrogen and oxygen atoms in total. The van der Waals surface area contributed by atoms with Crippen LogP contribution in [0.25, 0.3) is 0 Å². The Hall–Kier alpha value is -0.880. The van der Waals surface area contributed by atoms with Gasteiger partial charge in [0.25, 0.3) is 0 Å². The van der Waals surface area contributed by atoms with Crippen LogP contribution in [0.5, 0.6) is 0 Å². The van der Waals surface area contributed by atoms with Crippen LogP contribution < -0.4 is 5.32 Å². The fourth-order valence-electron chi connectivity index (χ4n) is 2.37. The van der Waals surface area contributed by atoms with Crippen LogP contribution in [0.3, 0.4) is 0 Å². The molecule has 0 bridgehead atoms. The molecular formula is C14H18BrNO3S. The number of carbonyl (C=O) groups excluding carboxylic acids is 1. The smallest absolute Gasteiger partial charge is 0.224 e. The molecule has 20 heavy (non-hydrogen) atoms. The largest absolute Gasteiger partial charge is 0.325 e. The van der Waals surface area contributed by atoms with E-state index in [-0.39, 0.29) is 23.3 Å². The van der Waals surface area contributed by atoms with E-state index in [2.05, 4.69) is 21.2 Å². The summed E-state index contributed by atoms with van der Waals surface area (Å²) in [5.74, 6) is 0.558. The number of sulfone groups is 1. The molecule has 6 heteroatoms. The second kappa shape index (κ2) is 6.26. The highest BCUT2D eigenvalue weighted by atomic mass is 79.9. The van der Waals surface area contributed by atoms with Crippen LogP contribution in [-0.4, -0.2) is 25.8 Å². The van der Waals surface area contributed by atoms with Gasteiger partial charge in [0.05, 0.1) is 17.2 Å². The zero-order valence-corrected chi connectivity index (χ0v) is 13.8. The highest BCUT2D eigenvalue weighted by Gasteiger charge is 2.27. The molecule has 110 valence electrons. The van der Waals surface area contributed by atoms with Crippen LogP contribution in [0.2, 0.25) is 0 Å². The van der Waals surface area contributed by atoms with Gasteiger partial charge in [-0.05, 0) is 59.3 Å². The molecule has 0 aromatic heterocycles. The number of amides is 1. The molecule has 1 heterocycles. The minimum atomic E-state index is -2.85. The molecule has 1 unspecified atom stereocenters. The van der Waals surface area contributed by atoms with Crippen molar-refractivity contribution in [2.75, 3.05) is 16.8 Å². The van der Waals surface area contributed by atoms with E-state index < -0.39 is 9.84 Å². The number of nitrogens with one attached hydrogen (secondary N) is 1. The van der Waals surface area contributed by atoms with Gasteiger partial charge in [-0.3, -0.25) is 4.79 Å². The minimum absolute atomic E-state index is 0.0705. The van der Waals surface area contributed by atoms with E-state index in [1.165, 1.54) is 0 Å². The normalized spacial score (nSPS) is 20.8. The summed E-state index contributed by atoms with van der Waals surface area (Å²) in [6.45, 7) is 1.98. The zero-order chi connectivity index (χ0) is 14.8. The number of carbonyl (C=O) groups is 1. The molecule has 1 aromatic rings. The van der Waals surface area contributed by atoms with Gasteiger partial charge in [0.1, 0.15) is 0 Å². The van der Waals surface area contributed by atoms with E-state index >= 15 is 0 Å². The Bertz CT molecular complexity index is 613. The lowest BCUT2D eigenvalue weighted by Crippen LogP contribution is -2.14. The second-order valence-electron chi connectivity index (χ2n) is 5.34. The van der Waals surface area contributed by atoms with E-state index in [0.717, 1.165) is 15.7 Å². The number of rotatable bonds is 4. The third-order valence-corrected chi connectivity index (χ3v) is 6.00. The predicted molar refractivity (Wildman–Crippen MR) is 83.5 cm³/mol. The summed E-state index contributed by atoms with van der Waals surface area (Å²) in [4.78, 5) is 11.9. The Kier molecular flexibility index (Phi) is 4.86. The first-order chi connectivity index (χ1) is 9.35. The predicted octanol–water partition coefficient (Wildman–Crippen LogP) is 2.91. The van der Waals surface area contributed by atoms with Crippen molar-refractivity contribution in [2.45, 2.75) is 26.2 Å². The van der Waals surface area contributed by atoms with Crippen LogP contribution in [0.4, 0.5) is 5.69 Å². The lowest BCUT2D eigenvalue weighted by molar-refractivity contribution is -0.116. The Labute approximate surface area is 128 Å². The third-order valence-electron chi connectivity index (χ3n) is 3.51.